The zero-order chi connectivity index (χ0) is 30.2. The van der Waals surface area contributed by atoms with Gasteiger partial charge in [0.1, 0.15) is 0 Å². The van der Waals surface area contributed by atoms with Gasteiger partial charge in [-0.1, -0.05) is 133 Å². The second-order valence-corrected chi connectivity index (χ2v) is 12.2. The van der Waals surface area contributed by atoms with E-state index in [4.69, 9.17) is 0 Å². The molecule has 214 valence electrons. The average molecular weight is 585 g/mol. The molecule has 0 aliphatic rings. The van der Waals surface area contributed by atoms with Gasteiger partial charge in [-0.25, -0.2) is 0 Å². The van der Waals surface area contributed by atoms with Crippen LogP contribution < -0.4 is 0 Å². The molecule has 2 nitrogen and oxygen atoms in total. The Balaban J connectivity index is 1.31. The minimum absolute atomic E-state index is 1.15. The van der Waals surface area contributed by atoms with Crippen LogP contribution >= 0.6 is 0 Å². The van der Waals surface area contributed by atoms with E-state index < -0.39 is 0 Å². The molecule has 0 spiro atoms. The fourth-order valence-corrected chi connectivity index (χ4v) is 7.58. The van der Waals surface area contributed by atoms with Crippen LogP contribution in [0.1, 0.15) is 0 Å². The molecule has 0 aliphatic heterocycles. The number of hydrogen-bond acceptors (Lipinski definition) is 0. The number of para-hydroxylation sites is 2. The van der Waals surface area contributed by atoms with Crippen LogP contribution in [0.2, 0.25) is 0 Å². The summed E-state index contributed by atoms with van der Waals surface area (Å²) in [5.41, 5.74) is 9.66. The van der Waals surface area contributed by atoms with Crippen molar-refractivity contribution in [1.29, 1.82) is 0 Å². The van der Waals surface area contributed by atoms with E-state index in [1.807, 2.05) is 0 Å². The zero-order valence-electron chi connectivity index (χ0n) is 25.1. The molecule has 0 saturated carbocycles. The van der Waals surface area contributed by atoms with E-state index in [2.05, 4.69) is 179 Å². The highest BCUT2D eigenvalue weighted by Crippen LogP contribution is 2.43. The highest BCUT2D eigenvalue weighted by atomic mass is 15.0. The van der Waals surface area contributed by atoms with Gasteiger partial charge in [0.2, 0.25) is 0 Å². The molecular weight excluding hydrogens is 556 g/mol. The molecule has 0 atom stereocenters. The third-order valence-corrected chi connectivity index (χ3v) is 9.67. The molecule has 0 saturated heterocycles. The summed E-state index contributed by atoms with van der Waals surface area (Å²) in [6.07, 6.45) is 0. The van der Waals surface area contributed by atoms with Crippen molar-refractivity contribution >= 4 is 65.2 Å². The van der Waals surface area contributed by atoms with Crippen molar-refractivity contribution in [2.24, 2.45) is 0 Å². The molecule has 0 unspecified atom stereocenters. The molecular formula is C44H28N2. The van der Waals surface area contributed by atoms with Crippen LogP contribution in [0.25, 0.3) is 87.7 Å². The van der Waals surface area contributed by atoms with Crippen molar-refractivity contribution in [2.75, 3.05) is 0 Å². The quantitative estimate of drug-likeness (QED) is 0.195. The second kappa shape index (κ2) is 9.69. The number of hydrogen-bond donors (Lipinski definition) is 0. The number of benzene rings is 8. The molecule has 0 aliphatic carbocycles. The first kappa shape index (κ1) is 25.2. The zero-order valence-corrected chi connectivity index (χ0v) is 25.1. The number of fused-ring (bicyclic) bond motifs is 10. The molecule has 2 heteroatoms. The Bertz CT molecular complexity index is 2780. The minimum atomic E-state index is 1.15. The fourth-order valence-electron chi connectivity index (χ4n) is 7.58. The van der Waals surface area contributed by atoms with Crippen molar-refractivity contribution < 1.29 is 0 Å². The molecule has 2 heterocycles. The van der Waals surface area contributed by atoms with Crippen LogP contribution in [-0.4, -0.2) is 9.13 Å². The summed E-state index contributed by atoms with van der Waals surface area (Å²) >= 11 is 0. The van der Waals surface area contributed by atoms with Crippen LogP contribution in [0.15, 0.2) is 170 Å². The number of nitrogens with zero attached hydrogens (tertiary/aromatic N) is 2. The van der Waals surface area contributed by atoms with Crippen LogP contribution in [-0.2, 0) is 0 Å². The first-order chi connectivity index (χ1) is 22.8. The number of rotatable bonds is 3. The first-order valence-corrected chi connectivity index (χ1v) is 15.9. The van der Waals surface area contributed by atoms with E-state index in [0.717, 1.165) is 11.4 Å². The summed E-state index contributed by atoms with van der Waals surface area (Å²) in [6.45, 7) is 0. The minimum Gasteiger partial charge on any atom is -0.307 e. The Morgan fingerprint density at radius 3 is 1.65 bits per heavy atom. The van der Waals surface area contributed by atoms with E-state index in [-0.39, 0.29) is 0 Å². The lowest BCUT2D eigenvalue weighted by Gasteiger charge is -2.13. The number of aromatic nitrogens is 2. The van der Waals surface area contributed by atoms with E-state index in [0.29, 0.717) is 0 Å². The SMILES string of the molecule is c1ccc(-n2c3c4ccccc4ccc3c3ccc4c5ccccc5n(-c5ccc(-c6ccc7ccccc7c6)cc5)c4c32)cc1. The van der Waals surface area contributed by atoms with Gasteiger partial charge in [0, 0.05) is 38.3 Å². The van der Waals surface area contributed by atoms with Crippen molar-refractivity contribution in [3.05, 3.63) is 170 Å². The molecule has 0 fully saturated rings. The average Bonchev–Trinajstić information content (AvgIpc) is 3.65. The predicted molar refractivity (Wildman–Crippen MR) is 196 cm³/mol. The van der Waals surface area contributed by atoms with Crippen molar-refractivity contribution in [3.63, 3.8) is 0 Å². The Kier molecular flexibility index (Phi) is 5.31. The maximum absolute atomic E-state index is 2.49. The fraction of sp³-hybridized carbons (Fsp3) is 0. The normalized spacial score (nSPS) is 11.9. The van der Waals surface area contributed by atoms with Gasteiger partial charge in [-0.3, -0.25) is 0 Å². The standard InChI is InChI=1S/C44H28N2/c1-2-13-34(14-3-1)46-42-36-15-7-6-11-31(36)22-25-39(42)40-27-26-38-37-16-8-9-17-41(37)45(43(38)44(40)46)35-23-20-30(21-24-35)33-19-18-29-10-4-5-12-32(29)28-33/h1-28H. The monoisotopic (exact) mass is 584 g/mol. The largest absolute Gasteiger partial charge is 0.307 e. The molecule has 2 aromatic heterocycles. The van der Waals surface area contributed by atoms with Gasteiger partial charge < -0.3 is 9.13 Å². The third-order valence-electron chi connectivity index (χ3n) is 9.67. The van der Waals surface area contributed by atoms with Crippen LogP contribution in [0.4, 0.5) is 0 Å². The first-order valence-electron chi connectivity index (χ1n) is 15.9. The Hall–Kier alpha value is -6.12. The van der Waals surface area contributed by atoms with Gasteiger partial charge in [-0.2, -0.15) is 0 Å². The van der Waals surface area contributed by atoms with E-state index in [9.17, 15) is 0 Å². The Morgan fingerprint density at radius 1 is 0.283 bits per heavy atom. The summed E-state index contributed by atoms with van der Waals surface area (Å²) in [7, 11) is 0. The van der Waals surface area contributed by atoms with Gasteiger partial charge in [0.05, 0.1) is 22.1 Å². The summed E-state index contributed by atoms with van der Waals surface area (Å²) in [4.78, 5) is 0. The Labute approximate surface area is 266 Å². The summed E-state index contributed by atoms with van der Waals surface area (Å²) < 4.78 is 4.96. The smallest absolute Gasteiger partial charge is 0.0789 e. The summed E-state index contributed by atoms with van der Waals surface area (Å²) in [5, 5.41) is 10.1. The summed E-state index contributed by atoms with van der Waals surface area (Å²) in [6, 6.07) is 62.0. The van der Waals surface area contributed by atoms with E-state index >= 15 is 0 Å². The molecule has 0 amide bonds. The molecule has 10 rings (SSSR count). The molecule has 0 bridgehead atoms. The van der Waals surface area contributed by atoms with E-state index in [1.54, 1.807) is 0 Å². The summed E-state index contributed by atoms with van der Waals surface area (Å²) in [5.74, 6) is 0. The maximum Gasteiger partial charge on any atom is 0.0789 e. The van der Waals surface area contributed by atoms with Crippen LogP contribution in [0, 0.1) is 0 Å². The van der Waals surface area contributed by atoms with Gasteiger partial charge in [0.25, 0.3) is 0 Å². The van der Waals surface area contributed by atoms with Crippen molar-refractivity contribution in [2.45, 2.75) is 0 Å². The van der Waals surface area contributed by atoms with Gasteiger partial charge in [-0.05, 0) is 63.7 Å². The van der Waals surface area contributed by atoms with E-state index in [1.165, 1.54) is 76.3 Å². The highest BCUT2D eigenvalue weighted by molar-refractivity contribution is 6.26. The van der Waals surface area contributed by atoms with Gasteiger partial charge in [-0.15, -0.1) is 0 Å². The van der Waals surface area contributed by atoms with Gasteiger partial charge >= 0.3 is 0 Å². The van der Waals surface area contributed by atoms with Crippen molar-refractivity contribution in [3.8, 4) is 22.5 Å². The van der Waals surface area contributed by atoms with Crippen LogP contribution in [0.5, 0.6) is 0 Å². The lowest BCUT2D eigenvalue weighted by molar-refractivity contribution is 1.15. The molecule has 0 radical (unpaired) electrons. The lowest BCUT2D eigenvalue weighted by atomic mass is 10.0. The topological polar surface area (TPSA) is 9.86 Å². The van der Waals surface area contributed by atoms with Gasteiger partial charge in [0.15, 0.2) is 0 Å². The molecule has 8 aromatic carbocycles. The molecule has 46 heavy (non-hydrogen) atoms. The maximum atomic E-state index is 2.49. The van der Waals surface area contributed by atoms with Crippen LogP contribution in [0.3, 0.4) is 0 Å². The van der Waals surface area contributed by atoms with Crippen molar-refractivity contribution in [1.82, 2.24) is 9.13 Å². The Morgan fingerprint density at radius 2 is 0.826 bits per heavy atom. The molecule has 0 N–H and O–H groups in total. The highest BCUT2D eigenvalue weighted by Gasteiger charge is 2.22. The molecule has 10 aromatic rings. The third kappa shape index (κ3) is 3.59. The lowest BCUT2D eigenvalue weighted by Crippen LogP contribution is -1.99. The predicted octanol–water partition coefficient (Wildman–Crippen LogP) is 11.9. The second-order valence-electron chi connectivity index (χ2n) is 12.2.